The van der Waals surface area contributed by atoms with Crippen molar-refractivity contribution in [1.82, 2.24) is 0 Å². The van der Waals surface area contributed by atoms with Crippen LogP contribution in [0.1, 0.15) is 0 Å². The summed E-state index contributed by atoms with van der Waals surface area (Å²) in [6.45, 7) is 0. The van der Waals surface area contributed by atoms with Crippen molar-refractivity contribution in [3.63, 3.8) is 0 Å². The summed E-state index contributed by atoms with van der Waals surface area (Å²) in [6, 6.07) is 7.38. The molecule has 0 aliphatic carbocycles. The maximum Gasteiger partial charge on any atom is 4.00 e. The summed E-state index contributed by atoms with van der Waals surface area (Å²) in [7, 11) is 9.13. The fourth-order valence-electron chi connectivity index (χ4n) is 0.503. The van der Waals surface area contributed by atoms with E-state index in [-0.39, 0.29) is 25.8 Å². The molecule has 0 amide bonds. The van der Waals surface area contributed by atoms with Gasteiger partial charge in [0.25, 0.3) is 0 Å². The van der Waals surface area contributed by atoms with Gasteiger partial charge in [-0.2, -0.15) is 54.4 Å². The predicted octanol–water partition coefficient (Wildman–Crippen LogP) is 1.94. The van der Waals surface area contributed by atoms with E-state index in [9.17, 15) is 4.11 Å². The minimum atomic E-state index is -1.37. The molecule has 0 aromatic heterocycles. The minimum absolute atomic E-state index is 0. The first-order valence-electron chi connectivity index (χ1n) is 4.88. The molecule has 1 aromatic rings. The molecule has 0 aliphatic rings. The summed E-state index contributed by atoms with van der Waals surface area (Å²) >= 11 is 0. The van der Waals surface area contributed by atoms with Gasteiger partial charge >= 0.3 is 25.8 Å². The fraction of sp³-hybridized carbons (Fsp3) is 0.545. The van der Waals surface area contributed by atoms with Gasteiger partial charge in [0.1, 0.15) is 0 Å². The standard InChI is InChI=1S/C5H6FSi.3C2H6N.Hf/c6-7-5-3-1-2-4-5;3*1-3-2;/h1-4H,7H2;3*1-2H3;/q4*-1;+4. The molecule has 0 heterocycles. The molecule has 0 saturated carbocycles. The monoisotopic (exact) mass is 425 g/mol. The summed E-state index contributed by atoms with van der Waals surface area (Å²) < 4.78 is 11.7. The van der Waals surface area contributed by atoms with Crippen LogP contribution in [-0.2, 0) is 25.8 Å². The Labute approximate surface area is 127 Å². The maximum atomic E-state index is 11.7. The van der Waals surface area contributed by atoms with Crippen LogP contribution < -0.4 is 5.19 Å². The van der Waals surface area contributed by atoms with E-state index in [0.717, 1.165) is 5.19 Å². The Kier molecular flexibility index (Phi) is 45.6. The van der Waals surface area contributed by atoms with Crippen molar-refractivity contribution in [2.24, 2.45) is 0 Å². The van der Waals surface area contributed by atoms with E-state index in [1.807, 2.05) is 24.3 Å². The number of halogens is 1. The normalized spacial score (nSPS) is 7.71. The summed E-state index contributed by atoms with van der Waals surface area (Å²) in [5.41, 5.74) is 0. The van der Waals surface area contributed by atoms with Crippen LogP contribution in [0, 0.1) is 0 Å². The quantitative estimate of drug-likeness (QED) is 0.376. The van der Waals surface area contributed by atoms with Crippen LogP contribution in [0.15, 0.2) is 24.3 Å². The van der Waals surface area contributed by atoms with Crippen molar-refractivity contribution >= 4 is 15.0 Å². The van der Waals surface area contributed by atoms with Gasteiger partial charge in [0.2, 0.25) is 0 Å². The Bertz CT molecular complexity index is 170. The van der Waals surface area contributed by atoms with Crippen molar-refractivity contribution in [2.45, 2.75) is 0 Å². The van der Waals surface area contributed by atoms with Gasteiger partial charge in [0.05, 0.1) is 0 Å². The second-order valence-electron chi connectivity index (χ2n) is 2.77. The molecule has 0 bridgehead atoms. The average molecular weight is 424 g/mol. The molecule has 98 valence electrons. The molecule has 0 spiro atoms. The zero-order chi connectivity index (χ0) is 13.2. The minimum Gasteiger partial charge on any atom is -0.668 e. The Morgan fingerprint density at radius 1 is 0.824 bits per heavy atom. The number of rotatable bonds is 1. The molecule has 0 N–H and O–H groups in total. The first-order chi connectivity index (χ1) is 7.67. The summed E-state index contributed by atoms with van der Waals surface area (Å²) in [4.78, 5) is 0. The van der Waals surface area contributed by atoms with Gasteiger partial charge in [-0.3, -0.25) is 0 Å². The van der Waals surface area contributed by atoms with E-state index in [1.54, 1.807) is 42.3 Å². The van der Waals surface area contributed by atoms with E-state index in [0.29, 0.717) is 0 Å². The van der Waals surface area contributed by atoms with Gasteiger partial charge in [-0.15, -0.1) is 5.19 Å². The summed E-state index contributed by atoms with van der Waals surface area (Å²) in [5.74, 6) is 0. The van der Waals surface area contributed by atoms with Crippen LogP contribution in [0.25, 0.3) is 16.0 Å². The van der Waals surface area contributed by atoms with Crippen LogP contribution in [0.4, 0.5) is 4.11 Å². The zero-order valence-electron chi connectivity index (χ0n) is 11.7. The third-order valence-corrected chi connectivity index (χ3v) is 1.67. The van der Waals surface area contributed by atoms with Gasteiger partial charge in [0, 0.05) is 0 Å². The van der Waals surface area contributed by atoms with E-state index in [1.165, 1.54) is 0 Å². The van der Waals surface area contributed by atoms with Gasteiger partial charge in [-0.1, -0.05) is 0 Å². The van der Waals surface area contributed by atoms with Crippen molar-refractivity contribution in [3.8, 4) is 0 Å². The Morgan fingerprint density at radius 3 is 1.18 bits per heavy atom. The third kappa shape index (κ3) is 38.6. The molecule has 3 nitrogen and oxygen atoms in total. The molecule has 0 unspecified atom stereocenters. The Morgan fingerprint density at radius 2 is 1.06 bits per heavy atom. The van der Waals surface area contributed by atoms with Crippen molar-refractivity contribution in [3.05, 3.63) is 40.2 Å². The Hall–Kier alpha value is 0.247. The molecule has 0 fully saturated rings. The maximum absolute atomic E-state index is 11.7. The average Bonchev–Trinajstić information content (AvgIpc) is 2.73. The van der Waals surface area contributed by atoms with Crippen molar-refractivity contribution in [2.75, 3.05) is 42.3 Å². The molecule has 6 heteroatoms. The van der Waals surface area contributed by atoms with Gasteiger partial charge < -0.3 is 20.1 Å². The molecule has 1 aromatic carbocycles. The second-order valence-corrected chi connectivity index (χ2v) is 3.85. The van der Waals surface area contributed by atoms with E-state index < -0.39 is 9.85 Å². The van der Waals surface area contributed by atoms with Crippen LogP contribution in [0.2, 0.25) is 0 Å². The number of hydrogen-bond donors (Lipinski definition) is 0. The smallest absolute Gasteiger partial charge is 0.668 e. The van der Waals surface area contributed by atoms with Crippen molar-refractivity contribution < 1.29 is 30.0 Å². The SMILES string of the molecule is C[N-]C.C[N-]C.C[N-]C.F[SiH2][c-]1cccc1.[Hf+4]. The third-order valence-electron chi connectivity index (χ3n) is 0.886. The second kappa shape index (κ2) is 29.9. The van der Waals surface area contributed by atoms with Crippen molar-refractivity contribution in [1.29, 1.82) is 0 Å². The Balaban J connectivity index is -0.0000000734. The topological polar surface area (TPSA) is 42.3 Å². The predicted molar refractivity (Wildman–Crippen MR) is 76.9 cm³/mol. The van der Waals surface area contributed by atoms with Crippen LogP contribution >= 0.6 is 0 Å². The first kappa shape index (κ1) is 25.9. The molecule has 0 saturated heterocycles. The van der Waals surface area contributed by atoms with E-state index in [2.05, 4.69) is 16.0 Å². The van der Waals surface area contributed by atoms with Gasteiger partial charge in [0.15, 0.2) is 9.85 Å². The molecular formula is C11H24FHfN3Si. The molecule has 0 aliphatic heterocycles. The van der Waals surface area contributed by atoms with Crippen LogP contribution in [0.3, 0.4) is 0 Å². The number of nitrogens with zero attached hydrogens (tertiary/aromatic N) is 3. The van der Waals surface area contributed by atoms with Crippen LogP contribution in [-0.4, -0.2) is 52.1 Å². The summed E-state index contributed by atoms with van der Waals surface area (Å²) in [5, 5.41) is 11.4. The van der Waals surface area contributed by atoms with Crippen LogP contribution in [0.5, 0.6) is 0 Å². The fourth-order valence-corrected chi connectivity index (χ4v) is 0.953. The van der Waals surface area contributed by atoms with Gasteiger partial charge in [-0.05, 0) is 0 Å². The zero-order valence-corrected chi connectivity index (χ0v) is 16.7. The van der Waals surface area contributed by atoms with E-state index in [4.69, 9.17) is 0 Å². The summed E-state index contributed by atoms with van der Waals surface area (Å²) in [6.07, 6.45) is 0. The molecule has 1 rings (SSSR count). The largest absolute Gasteiger partial charge is 4.00 e. The molecule has 0 radical (unpaired) electrons. The van der Waals surface area contributed by atoms with Gasteiger partial charge in [-0.25, -0.2) is 12.1 Å². The molecular weight excluding hydrogens is 400 g/mol. The molecule has 17 heavy (non-hydrogen) atoms. The van der Waals surface area contributed by atoms with E-state index >= 15 is 0 Å². The molecule has 0 atom stereocenters. The number of hydrogen-bond acceptors (Lipinski definition) is 0. The first-order valence-corrected chi connectivity index (χ1v) is 6.12.